The summed E-state index contributed by atoms with van der Waals surface area (Å²) in [7, 11) is 0. The number of carbonyl (C=O) groups is 1. The van der Waals surface area contributed by atoms with E-state index in [9.17, 15) is 4.79 Å². The Morgan fingerprint density at radius 1 is 1.33 bits per heavy atom. The average Bonchev–Trinajstić information content (AvgIpc) is 2.65. The lowest BCUT2D eigenvalue weighted by atomic mass is 10.1. The number of nitrogens with one attached hydrogen (secondary N) is 1. The Kier molecular flexibility index (Phi) is 6.15. The molecule has 7 nitrogen and oxygen atoms in total. The van der Waals surface area contributed by atoms with Gasteiger partial charge in [0.2, 0.25) is 0 Å². The molecule has 0 aliphatic carbocycles. The molecule has 0 saturated heterocycles. The molecule has 1 aliphatic heterocycles. The first-order valence-electron chi connectivity index (χ1n) is 8.22. The number of hydrogen-bond acceptors (Lipinski definition) is 6. The number of ether oxygens (including phenoxy) is 3. The fourth-order valence-corrected chi connectivity index (χ4v) is 3.10. The van der Waals surface area contributed by atoms with Crippen LogP contribution in [0.1, 0.15) is 23.0 Å². The summed E-state index contributed by atoms with van der Waals surface area (Å²) in [5.41, 5.74) is 1.52. The fraction of sp³-hybridized carbons (Fsp3) is 0.278. The van der Waals surface area contributed by atoms with Crippen LogP contribution in [0, 0.1) is 5.41 Å². The summed E-state index contributed by atoms with van der Waals surface area (Å²) in [6.45, 7) is 3.28. The molecular formula is C18H17Cl2N3O4. The summed E-state index contributed by atoms with van der Waals surface area (Å²) >= 11 is 12.2. The Labute approximate surface area is 166 Å². The molecule has 1 N–H and O–H groups in total. The highest BCUT2D eigenvalue weighted by atomic mass is 35.5. The van der Waals surface area contributed by atoms with Crippen LogP contribution in [0.2, 0.25) is 10.0 Å². The van der Waals surface area contributed by atoms with E-state index in [0.717, 1.165) is 5.56 Å². The van der Waals surface area contributed by atoms with Gasteiger partial charge in [0.1, 0.15) is 12.3 Å². The molecule has 0 bridgehead atoms. The second kappa shape index (κ2) is 8.56. The number of fused-ring (bicyclic) bond motifs is 1. The monoisotopic (exact) mass is 409 g/mol. The van der Waals surface area contributed by atoms with E-state index in [-0.39, 0.29) is 18.3 Å². The van der Waals surface area contributed by atoms with E-state index in [1.807, 2.05) is 6.92 Å². The van der Waals surface area contributed by atoms with Crippen molar-refractivity contribution in [2.75, 3.05) is 24.7 Å². The van der Waals surface area contributed by atoms with Crippen molar-refractivity contribution in [3.8, 4) is 5.75 Å². The van der Waals surface area contributed by atoms with Gasteiger partial charge in [-0.3, -0.25) is 10.3 Å². The molecular weight excluding hydrogens is 393 g/mol. The van der Waals surface area contributed by atoms with E-state index in [4.69, 9.17) is 42.8 Å². The van der Waals surface area contributed by atoms with E-state index < -0.39 is 5.97 Å². The minimum Gasteiger partial charge on any atom is -0.459 e. The predicted molar refractivity (Wildman–Crippen MR) is 102 cm³/mol. The first kappa shape index (κ1) is 19.4. The van der Waals surface area contributed by atoms with Crippen molar-refractivity contribution in [3.63, 3.8) is 0 Å². The lowest BCUT2D eigenvalue weighted by molar-refractivity contribution is 0.0329. The van der Waals surface area contributed by atoms with Crippen molar-refractivity contribution in [2.24, 2.45) is 0 Å². The SMILES string of the molecule is CCOCCOC(=O)c1ccc(N2Cc3cc(Cl)cc(Cl)c3OC2=N)cn1. The van der Waals surface area contributed by atoms with Gasteiger partial charge in [-0.25, -0.2) is 9.78 Å². The molecule has 3 rings (SSSR count). The highest BCUT2D eigenvalue weighted by Crippen LogP contribution is 2.37. The Hall–Kier alpha value is -2.35. The van der Waals surface area contributed by atoms with Crippen molar-refractivity contribution in [1.29, 1.82) is 5.41 Å². The summed E-state index contributed by atoms with van der Waals surface area (Å²) in [6.07, 6.45) is 1.48. The number of nitrogens with zero attached hydrogens (tertiary/aromatic N) is 2. The lowest BCUT2D eigenvalue weighted by Crippen LogP contribution is -2.37. The first-order chi connectivity index (χ1) is 13.0. The maximum atomic E-state index is 11.9. The molecule has 142 valence electrons. The van der Waals surface area contributed by atoms with Crippen molar-refractivity contribution < 1.29 is 19.0 Å². The van der Waals surface area contributed by atoms with Crippen LogP contribution in [-0.4, -0.2) is 36.8 Å². The summed E-state index contributed by atoms with van der Waals surface area (Å²) in [6, 6.07) is 6.41. The summed E-state index contributed by atoms with van der Waals surface area (Å²) in [4.78, 5) is 17.7. The number of carbonyl (C=O) groups excluding carboxylic acids is 1. The van der Waals surface area contributed by atoms with Crippen LogP contribution in [-0.2, 0) is 16.0 Å². The maximum Gasteiger partial charge on any atom is 0.356 e. The number of esters is 1. The summed E-state index contributed by atoms with van der Waals surface area (Å²) in [5, 5.41) is 8.95. The van der Waals surface area contributed by atoms with Crippen LogP contribution >= 0.6 is 23.2 Å². The molecule has 0 unspecified atom stereocenters. The number of aromatic nitrogens is 1. The van der Waals surface area contributed by atoms with E-state index in [1.165, 1.54) is 12.3 Å². The summed E-state index contributed by atoms with van der Waals surface area (Å²) in [5.74, 6) is -0.111. The second-order valence-corrected chi connectivity index (χ2v) is 6.45. The third-order valence-corrected chi connectivity index (χ3v) is 4.29. The second-order valence-electron chi connectivity index (χ2n) is 5.60. The van der Waals surface area contributed by atoms with Crippen LogP contribution in [0.15, 0.2) is 30.5 Å². The molecule has 0 amide bonds. The largest absolute Gasteiger partial charge is 0.459 e. The molecule has 0 fully saturated rings. The third kappa shape index (κ3) is 4.50. The van der Waals surface area contributed by atoms with Gasteiger partial charge in [-0.05, 0) is 31.2 Å². The van der Waals surface area contributed by atoms with E-state index >= 15 is 0 Å². The van der Waals surface area contributed by atoms with Crippen LogP contribution in [0.4, 0.5) is 5.69 Å². The van der Waals surface area contributed by atoms with Gasteiger partial charge < -0.3 is 14.2 Å². The van der Waals surface area contributed by atoms with Crippen LogP contribution in [0.5, 0.6) is 5.75 Å². The average molecular weight is 410 g/mol. The molecule has 0 radical (unpaired) electrons. The Bertz CT molecular complexity index is 858. The molecule has 0 atom stereocenters. The number of anilines is 1. The van der Waals surface area contributed by atoms with Gasteiger partial charge in [0.15, 0.2) is 5.75 Å². The van der Waals surface area contributed by atoms with Gasteiger partial charge in [0, 0.05) is 17.2 Å². The van der Waals surface area contributed by atoms with Gasteiger partial charge in [-0.1, -0.05) is 23.2 Å². The molecule has 0 spiro atoms. The fourth-order valence-electron chi connectivity index (χ4n) is 2.53. The standard InChI is InChI=1S/C18H17Cl2N3O4/c1-2-25-5-6-26-17(24)15-4-3-13(9-22-15)23-10-11-7-12(19)8-14(20)16(11)27-18(23)21/h3-4,7-9,21H,2,5-6,10H2,1H3. The van der Waals surface area contributed by atoms with Gasteiger partial charge >= 0.3 is 5.97 Å². The van der Waals surface area contributed by atoms with Crippen molar-refractivity contribution in [1.82, 2.24) is 4.98 Å². The molecule has 1 aliphatic rings. The zero-order valence-electron chi connectivity index (χ0n) is 14.5. The smallest absolute Gasteiger partial charge is 0.356 e. The molecule has 1 aromatic heterocycles. The number of benzene rings is 1. The van der Waals surface area contributed by atoms with Crippen molar-refractivity contribution in [3.05, 3.63) is 51.8 Å². The quantitative estimate of drug-likeness (QED) is 0.574. The Balaban J connectivity index is 1.71. The Morgan fingerprint density at radius 3 is 2.85 bits per heavy atom. The Morgan fingerprint density at radius 2 is 2.15 bits per heavy atom. The number of rotatable bonds is 6. The van der Waals surface area contributed by atoms with Gasteiger partial charge in [-0.15, -0.1) is 0 Å². The van der Waals surface area contributed by atoms with E-state index in [0.29, 0.717) is 41.2 Å². The van der Waals surface area contributed by atoms with Crippen LogP contribution in [0.3, 0.4) is 0 Å². The van der Waals surface area contributed by atoms with Crippen LogP contribution in [0.25, 0.3) is 0 Å². The van der Waals surface area contributed by atoms with Crippen molar-refractivity contribution in [2.45, 2.75) is 13.5 Å². The predicted octanol–water partition coefficient (Wildman–Crippen LogP) is 3.92. The maximum absolute atomic E-state index is 11.9. The first-order valence-corrected chi connectivity index (χ1v) is 8.98. The third-order valence-electron chi connectivity index (χ3n) is 3.79. The number of hydrogen-bond donors (Lipinski definition) is 1. The van der Waals surface area contributed by atoms with Crippen molar-refractivity contribution >= 4 is 40.9 Å². The minimum absolute atomic E-state index is 0.0967. The zero-order chi connectivity index (χ0) is 19.4. The number of halogens is 2. The highest BCUT2D eigenvalue weighted by molar-refractivity contribution is 6.36. The molecule has 2 aromatic rings. The van der Waals surface area contributed by atoms with Gasteiger partial charge in [0.25, 0.3) is 6.02 Å². The lowest BCUT2D eigenvalue weighted by Gasteiger charge is -2.30. The van der Waals surface area contributed by atoms with E-state index in [2.05, 4.69) is 4.98 Å². The van der Waals surface area contributed by atoms with Gasteiger partial charge in [0.05, 0.1) is 30.1 Å². The highest BCUT2D eigenvalue weighted by Gasteiger charge is 2.26. The topological polar surface area (TPSA) is 84.7 Å². The molecule has 9 heteroatoms. The molecule has 2 heterocycles. The normalized spacial score (nSPS) is 13.1. The minimum atomic E-state index is -0.532. The zero-order valence-corrected chi connectivity index (χ0v) is 16.0. The van der Waals surface area contributed by atoms with E-state index in [1.54, 1.807) is 23.1 Å². The molecule has 27 heavy (non-hydrogen) atoms. The molecule has 0 saturated carbocycles. The summed E-state index contributed by atoms with van der Waals surface area (Å²) < 4.78 is 15.7. The number of pyridine rings is 1. The molecule has 1 aromatic carbocycles. The number of amidine groups is 1. The van der Waals surface area contributed by atoms with Crippen LogP contribution < -0.4 is 9.64 Å². The van der Waals surface area contributed by atoms with Gasteiger partial charge in [-0.2, -0.15) is 0 Å².